The lowest BCUT2D eigenvalue weighted by Crippen LogP contribution is -2.39. The van der Waals surface area contributed by atoms with Crippen LogP contribution in [0.1, 0.15) is 25.7 Å². The third-order valence-corrected chi connectivity index (χ3v) is 5.36. The summed E-state index contributed by atoms with van der Waals surface area (Å²) in [5.41, 5.74) is 0.692. The Morgan fingerprint density at radius 2 is 1.62 bits per heavy atom. The quantitative estimate of drug-likeness (QED) is 0.621. The van der Waals surface area contributed by atoms with Gasteiger partial charge in [0.25, 0.3) is 5.91 Å². The van der Waals surface area contributed by atoms with Crippen LogP contribution in [0, 0.1) is 11.8 Å². The summed E-state index contributed by atoms with van der Waals surface area (Å²) in [7, 11) is 1.49. The second-order valence-electron chi connectivity index (χ2n) is 7.60. The molecule has 2 aromatic rings. The number of alkyl halides is 3. The smallest absolute Gasteiger partial charge is 0.392 e. The Bertz CT molecular complexity index is 949. The first-order valence-corrected chi connectivity index (χ1v) is 10.3. The number of anilines is 2. The van der Waals surface area contributed by atoms with Gasteiger partial charge < -0.3 is 20.1 Å². The maximum Gasteiger partial charge on any atom is 0.392 e. The van der Waals surface area contributed by atoms with E-state index in [0.29, 0.717) is 35.7 Å². The van der Waals surface area contributed by atoms with Gasteiger partial charge in [-0.25, -0.2) is 0 Å². The first-order chi connectivity index (χ1) is 15.3. The standard InChI is InChI=1S/C23H25F3N2O4/c1-31-19-11-4-5-12-20(19)32-14-21(29)27-15-7-6-8-16(13-15)28-22(30)17-9-2-3-10-18(17)23(24,25)26/h4-8,11-13,17-18H,2-3,9-10,14H2,1H3,(H,27,29)(H,28,30). The van der Waals surface area contributed by atoms with Crippen LogP contribution in [-0.4, -0.2) is 31.7 Å². The van der Waals surface area contributed by atoms with Crippen LogP contribution in [0.4, 0.5) is 24.5 Å². The van der Waals surface area contributed by atoms with Gasteiger partial charge in [0.15, 0.2) is 18.1 Å². The van der Waals surface area contributed by atoms with Gasteiger partial charge in [0, 0.05) is 17.3 Å². The van der Waals surface area contributed by atoms with Crippen LogP contribution < -0.4 is 20.1 Å². The lowest BCUT2D eigenvalue weighted by Gasteiger charge is -2.32. The summed E-state index contributed by atoms with van der Waals surface area (Å²) in [6.07, 6.45) is -3.18. The van der Waals surface area contributed by atoms with Crippen LogP contribution in [0.5, 0.6) is 11.5 Å². The minimum atomic E-state index is -4.40. The summed E-state index contributed by atoms with van der Waals surface area (Å²) in [5.74, 6) is -2.94. The molecule has 2 amide bonds. The van der Waals surface area contributed by atoms with Crippen LogP contribution in [-0.2, 0) is 9.59 Å². The average molecular weight is 450 g/mol. The van der Waals surface area contributed by atoms with Gasteiger partial charge in [-0.2, -0.15) is 13.2 Å². The second-order valence-corrected chi connectivity index (χ2v) is 7.60. The molecule has 0 radical (unpaired) electrons. The van der Waals surface area contributed by atoms with Gasteiger partial charge >= 0.3 is 6.18 Å². The second kappa shape index (κ2) is 10.4. The fourth-order valence-corrected chi connectivity index (χ4v) is 3.82. The predicted octanol–water partition coefficient (Wildman–Crippen LogP) is 5.02. The molecule has 0 heterocycles. The molecule has 2 atom stereocenters. The van der Waals surface area contributed by atoms with Crippen molar-refractivity contribution in [3.8, 4) is 11.5 Å². The normalized spacial score (nSPS) is 18.5. The summed E-state index contributed by atoms with van der Waals surface area (Å²) in [5, 5.41) is 5.20. The van der Waals surface area contributed by atoms with Crippen molar-refractivity contribution in [1.82, 2.24) is 0 Å². The molecule has 2 N–H and O–H groups in total. The van der Waals surface area contributed by atoms with Gasteiger partial charge in [-0.15, -0.1) is 0 Å². The molecule has 1 fully saturated rings. The number of hydrogen-bond acceptors (Lipinski definition) is 4. The summed E-state index contributed by atoms with van der Waals surface area (Å²) < 4.78 is 50.5. The highest BCUT2D eigenvalue weighted by Crippen LogP contribution is 2.42. The number of rotatable bonds is 7. The molecule has 3 rings (SSSR count). The number of para-hydroxylation sites is 2. The number of benzene rings is 2. The zero-order valence-corrected chi connectivity index (χ0v) is 17.6. The average Bonchev–Trinajstić information content (AvgIpc) is 2.77. The zero-order chi connectivity index (χ0) is 23.1. The Morgan fingerprint density at radius 3 is 2.31 bits per heavy atom. The van der Waals surface area contributed by atoms with E-state index in [1.54, 1.807) is 42.5 Å². The molecule has 1 aliphatic rings. The van der Waals surface area contributed by atoms with Gasteiger partial charge in [-0.1, -0.05) is 31.0 Å². The van der Waals surface area contributed by atoms with Crippen molar-refractivity contribution >= 4 is 23.2 Å². The number of halogens is 3. The van der Waals surface area contributed by atoms with Crippen molar-refractivity contribution in [1.29, 1.82) is 0 Å². The van der Waals surface area contributed by atoms with E-state index in [4.69, 9.17) is 9.47 Å². The van der Waals surface area contributed by atoms with Crippen LogP contribution in [0.2, 0.25) is 0 Å². The molecular formula is C23H25F3N2O4. The Balaban J connectivity index is 1.59. The highest BCUT2D eigenvalue weighted by molar-refractivity contribution is 5.95. The zero-order valence-electron chi connectivity index (χ0n) is 17.6. The van der Waals surface area contributed by atoms with Crippen molar-refractivity contribution in [3.63, 3.8) is 0 Å². The molecule has 9 heteroatoms. The Labute approximate surface area is 184 Å². The van der Waals surface area contributed by atoms with Gasteiger partial charge in [0.1, 0.15) is 0 Å². The third kappa shape index (κ3) is 6.15. The molecule has 1 aliphatic carbocycles. The molecular weight excluding hydrogens is 425 g/mol. The lowest BCUT2D eigenvalue weighted by molar-refractivity contribution is -0.197. The van der Waals surface area contributed by atoms with Crippen LogP contribution in [0.3, 0.4) is 0 Å². The summed E-state index contributed by atoms with van der Waals surface area (Å²) in [6.45, 7) is -0.272. The van der Waals surface area contributed by atoms with Gasteiger partial charge in [0.2, 0.25) is 5.91 Å². The highest BCUT2D eigenvalue weighted by Gasteiger charge is 2.48. The maximum absolute atomic E-state index is 13.3. The van der Waals surface area contributed by atoms with Crippen molar-refractivity contribution < 1.29 is 32.2 Å². The molecule has 1 saturated carbocycles. The van der Waals surface area contributed by atoms with Gasteiger partial charge in [-0.05, 0) is 43.2 Å². The molecule has 0 saturated heterocycles. The molecule has 0 spiro atoms. The molecule has 0 bridgehead atoms. The number of nitrogens with one attached hydrogen (secondary N) is 2. The number of ether oxygens (including phenoxy) is 2. The first kappa shape index (κ1) is 23.4. The van der Waals surface area contributed by atoms with Gasteiger partial charge in [-0.3, -0.25) is 9.59 Å². The maximum atomic E-state index is 13.3. The monoisotopic (exact) mass is 450 g/mol. The number of carbonyl (C=O) groups excluding carboxylic acids is 2. The van der Waals surface area contributed by atoms with E-state index >= 15 is 0 Å². The largest absolute Gasteiger partial charge is 0.493 e. The summed E-state index contributed by atoms with van der Waals surface area (Å²) in [4.78, 5) is 24.8. The Morgan fingerprint density at radius 1 is 0.969 bits per heavy atom. The number of carbonyl (C=O) groups is 2. The molecule has 2 aromatic carbocycles. The van der Waals surface area contributed by atoms with Crippen molar-refractivity contribution in [2.75, 3.05) is 24.4 Å². The third-order valence-electron chi connectivity index (χ3n) is 5.36. The van der Waals surface area contributed by atoms with Crippen LogP contribution in [0.25, 0.3) is 0 Å². The van der Waals surface area contributed by atoms with E-state index in [-0.39, 0.29) is 19.4 Å². The van der Waals surface area contributed by atoms with E-state index in [1.165, 1.54) is 13.2 Å². The van der Waals surface area contributed by atoms with Crippen molar-refractivity contribution in [3.05, 3.63) is 48.5 Å². The van der Waals surface area contributed by atoms with Crippen molar-refractivity contribution in [2.45, 2.75) is 31.9 Å². The summed E-state index contributed by atoms with van der Waals surface area (Å²) in [6, 6.07) is 13.1. The van der Waals surface area contributed by atoms with E-state index in [9.17, 15) is 22.8 Å². The minimum Gasteiger partial charge on any atom is -0.493 e. The number of methoxy groups -OCH3 is 1. The van der Waals surface area contributed by atoms with Crippen LogP contribution in [0.15, 0.2) is 48.5 Å². The highest BCUT2D eigenvalue weighted by atomic mass is 19.4. The predicted molar refractivity (Wildman–Crippen MR) is 114 cm³/mol. The number of hydrogen-bond donors (Lipinski definition) is 2. The lowest BCUT2D eigenvalue weighted by atomic mass is 9.78. The number of amides is 2. The van der Waals surface area contributed by atoms with Crippen molar-refractivity contribution in [2.24, 2.45) is 11.8 Å². The SMILES string of the molecule is COc1ccccc1OCC(=O)Nc1cccc(NC(=O)C2CCCCC2C(F)(F)F)c1. The Kier molecular flexibility index (Phi) is 7.61. The van der Waals surface area contributed by atoms with E-state index < -0.39 is 29.8 Å². The molecule has 0 aliphatic heterocycles. The topological polar surface area (TPSA) is 76.7 Å². The fourth-order valence-electron chi connectivity index (χ4n) is 3.82. The Hall–Kier alpha value is -3.23. The van der Waals surface area contributed by atoms with Crippen LogP contribution >= 0.6 is 0 Å². The van der Waals surface area contributed by atoms with E-state index in [2.05, 4.69) is 10.6 Å². The van der Waals surface area contributed by atoms with E-state index in [0.717, 1.165) is 0 Å². The molecule has 0 aromatic heterocycles. The molecule has 172 valence electrons. The molecule has 6 nitrogen and oxygen atoms in total. The molecule has 2 unspecified atom stereocenters. The minimum absolute atomic E-state index is 0.0378. The van der Waals surface area contributed by atoms with Gasteiger partial charge in [0.05, 0.1) is 13.0 Å². The van der Waals surface area contributed by atoms with E-state index in [1.807, 2.05) is 0 Å². The summed E-state index contributed by atoms with van der Waals surface area (Å²) >= 11 is 0. The molecule has 32 heavy (non-hydrogen) atoms. The fraction of sp³-hybridized carbons (Fsp3) is 0.391. The first-order valence-electron chi connectivity index (χ1n) is 10.3.